The van der Waals surface area contributed by atoms with E-state index in [4.69, 9.17) is 16.7 Å². The van der Waals surface area contributed by atoms with Crippen molar-refractivity contribution in [3.8, 4) is 0 Å². The summed E-state index contributed by atoms with van der Waals surface area (Å²) >= 11 is 5.74. The van der Waals surface area contributed by atoms with Gasteiger partial charge in [0.1, 0.15) is 0 Å². The lowest BCUT2D eigenvalue weighted by molar-refractivity contribution is 0.0697. The zero-order chi connectivity index (χ0) is 10.6. The third-order valence-electron chi connectivity index (χ3n) is 2.08. The molecule has 1 N–H and O–H groups in total. The zero-order valence-corrected chi connectivity index (χ0v) is 8.84. The molecule has 14 heavy (non-hydrogen) atoms. The molecule has 0 saturated heterocycles. The third-order valence-corrected chi connectivity index (χ3v) is 2.41. The molecule has 0 fully saturated rings. The van der Waals surface area contributed by atoms with Gasteiger partial charge in [-0.2, -0.15) is 0 Å². The van der Waals surface area contributed by atoms with Gasteiger partial charge in [-0.3, -0.25) is 0 Å². The monoisotopic (exact) mass is 212 g/mol. The molecule has 0 aromatic heterocycles. The first kappa shape index (κ1) is 11.1. The van der Waals surface area contributed by atoms with Crippen molar-refractivity contribution in [2.45, 2.75) is 26.2 Å². The first-order valence-corrected chi connectivity index (χ1v) is 5.04. The van der Waals surface area contributed by atoms with Gasteiger partial charge in [0.15, 0.2) is 0 Å². The number of benzene rings is 1. The van der Waals surface area contributed by atoms with Crippen molar-refractivity contribution in [1.29, 1.82) is 0 Å². The number of carboxylic acids is 1. The molecule has 0 bridgehead atoms. The second-order valence-corrected chi connectivity index (χ2v) is 3.63. The van der Waals surface area contributed by atoms with Crippen molar-refractivity contribution in [3.63, 3.8) is 0 Å². The number of carbonyl (C=O) groups is 1. The van der Waals surface area contributed by atoms with Gasteiger partial charge in [-0.05, 0) is 30.5 Å². The number of carboxylic acid groups (broad SMARTS) is 1. The van der Waals surface area contributed by atoms with Gasteiger partial charge in [0.25, 0.3) is 0 Å². The average Bonchev–Trinajstić information content (AvgIpc) is 2.16. The molecule has 0 atom stereocenters. The van der Waals surface area contributed by atoms with E-state index in [1.54, 1.807) is 12.1 Å². The lowest BCUT2D eigenvalue weighted by Crippen LogP contribution is -1.98. The molecule has 3 heteroatoms. The highest BCUT2D eigenvalue weighted by Gasteiger charge is 2.08. The van der Waals surface area contributed by atoms with Crippen LogP contribution in [0.4, 0.5) is 0 Å². The van der Waals surface area contributed by atoms with Crippen LogP contribution in [0.1, 0.15) is 35.7 Å². The number of aryl methyl sites for hydroxylation is 1. The summed E-state index contributed by atoms with van der Waals surface area (Å²) in [4.78, 5) is 10.8. The second-order valence-electron chi connectivity index (χ2n) is 3.22. The number of hydrogen-bond acceptors (Lipinski definition) is 1. The Morgan fingerprint density at radius 1 is 1.50 bits per heavy atom. The summed E-state index contributed by atoms with van der Waals surface area (Å²) in [5.74, 6) is -0.964. The van der Waals surface area contributed by atoms with Crippen LogP contribution in [-0.2, 0) is 6.42 Å². The summed E-state index contributed by atoms with van der Waals surface area (Å²) in [6.07, 6.45) is 3.08. The lowest BCUT2D eigenvalue weighted by atomic mass is 10.1. The average molecular weight is 213 g/mol. The number of unbranched alkanes of at least 4 members (excludes halogenated alkanes) is 1. The Labute approximate surface area is 88.5 Å². The van der Waals surface area contributed by atoms with Gasteiger partial charge in [0.05, 0.1) is 10.6 Å². The Morgan fingerprint density at radius 3 is 2.79 bits per heavy atom. The van der Waals surface area contributed by atoms with E-state index in [-0.39, 0.29) is 5.56 Å². The molecule has 0 radical (unpaired) electrons. The van der Waals surface area contributed by atoms with Crippen molar-refractivity contribution < 1.29 is 9.90 Å². The molecule has 0 aliphatic carbocycles. The Hall–Kier alpha value is -1.02. The van der Waals surface area contributed by atoms with Crippen LogP contribution >= 0.6 is 11.6 Å². The number of hydrogen-bond donors (Lipinski definition) is 1. The van der Waals surface area contributed by atoms with Crippen LogP contribution in [0, 0.1) is 0 Å². The largest absolute Gasteiger partial charge is 0.478 e. The first-order valence-electron chi connectivity index (χ1n) is 4.67. The minimum absolute atomic E-state index is 0.195. The summed E-state index contributed by atoms with van der Waals surface area (Å²) < 4.78 is 0. The van der Waals surface area contributed by atoms with Gasteiger partial charge in [0.2, 0.25) is 0 Å². The minimum Gasteiger partial charge on any atom is -0.478 e. The summed E-state index contributed by atoms with van der Waals surface area (Å²) in [6, 6.07) is 5.18. The highest BCUT2D eigenvalue weighted by atomic mass is 35.5. The second kappa shape index (κ2) is 5.01. The van der Waals surface area contributed by atoms with E-state index < -0.39 is 5.97 Å². The fourth-order valence-corrected chi connectivity index (χ4v) is 1.47. The molecular formula is C11H13ClO2. The third kappa shape index (κ3) is 2.74. The molecule has 76 valence electrons. The van der Waals surface area contributed by atoms with E-state index in [2.05, 4.69) is 6.92 Å². The minimum atomic E-state index is -0.964. The maximum absolute atomic E-state index is 10.8. The molecule has 0 saturated carbocycles. The Morgan fingerprint density at radius 2 is 2.21 bits per heavy atom. The molecule has 2 nitrogen and oxygen atoms in total. The standard InChI is InChI=1S/C11H13ClO2/c1-2-3-4-8-5-6-10(12)9(7-8)11(13)14/h5-7H,2-4H2,1H3,(H,13,14). The van der Waals surface area contributed by atoms with Gasteiger partial charge in [-0.25, -0.2) is 4.79 Å². The van der Waals surface area contributed by atoms with E-state index in [1.165, 1.54) is 0 Å². The van der Waals surface area contributed by atoms with Crippen LogP contribution in [0.2, 0.25) is 5.02 Å². The SMILES string of the molecule is CCCCc1ccc(Cl)c(C(=O)O)c1. The molecule has 1 aromatic carbocycles. The van der Waals surface area contributed by atoms with E-state index in [9.17, 15) is 4.79 Å². The van der Waals surface area contributed by atoms with Crippen LogP contribution in [0.15, 0.2) is 18.2 Å². The number of rotatable bonds is 4. The van der Waals surface area contributed by atoms with Gasteiger partial charge >= 0.3 is 5.97 Å². The summed E-state index contributed by atoms with van der Waals surface area (Å²) in [7, 11) is 0. The number of aromatic carboxylic acids is 1. The molecule has 1 aromatic rings. The number of halogens is 1. The van der Waals surface area contributed by atoms with Crippen molar-refractivity contribution >= 4 is 17.6 Å². The zero-order valence-electron chi connectivity index (χ0n) is 8.09. The summed E-state index contributed by atoms with van der Waals surface area (Å²) in [5.41, 5.74) is 1.23. The predicted octanol–water partition coefficient (Wildman–Crippen LogP) is 3.38. The molecule has 0 spiro atoms. The molecule has 0 heterocycles. The topological polar surface area (TPSA) is 37.3 Å². The van der Waals surface area contributed by atoms with E-state index in [1.807, 2.05) is 6.07 Å². The van der Waals surface area contributed by atoms with Crippen molar-refractivity contribution in [3.05, 3.63) is 34.3 Å². The fraction of sp³-hybridized carbons (Fsp3) is 0.364. The normalized spacial score (nSPS) is 10.1. The smallest absolute Gasteiger partial charge is 0.337 e. The quantitative estimate of drug-likeness (QED) is 0.831. The van der Waals surface area contributed by atoms with Gasteiger partial charge in [-0.1, -0.05) is 31.0 Å². The fourth-order valence-electron chi connectivity index (χ4n) is 1.27. The van der Waals surface area contributed by atoms with Crippen molar-refractivity contribution in [2.75, 3.05) is 0 Å². The maximum atomic E-state index is 10.8. The summed E-state index contributed by atoms with van der Waals surface area (Å²) in [6.45, 7) is 2.11. The molecule has 0 amide bonds. The van der Waals surface area contributed by atoms with Gasteiger partial charge in [-0.15, -0.1) is 0 Å². The van der Waals surface area contributed by atoms with Crippen LogP contribution in [0.3, 0.4) is 0 Å². The lowest BCUT2D eigenvalue weighted by Gasteiger charge is -2.03. The van der Waals surface area contributed by atoms with Gasteiger partial charge in [0, 0.05) is 0 Å². The molecular weight excluding hydrogens is 200 g/mol. The van der Waals surface area contributed by atoms with Crippen LogP contribution in [-0.4, -0.2) is 11.1 Å². The Bertz CT molecular complexity index is 334. The molecule has 1 rings (SSSR count). The highest BCUT2D eigenvalue weighted by Crippen LogP contribution is 2.18. The Kier molecular flexibility index (Phi) is 3.96. The van der Waals surface area contributed by atoms with Gasteiger partial charge < -0.3 is 5.11 Å². The molecule has 0 unspecified atom stereocenters. The van der Waals surface area contributed by atoms with E-state index in [0.717, 1.165) is 24.8 Å². The maximum Gasteiger partial charge on any atom is 0.337 e. The molecule has 0 aliphatic heterocycles. The van der Waals surface area contributed by atoms with Crippen molar-refractivity contribution in [1.82, 2.24) is 0 Å². The van der Waals surface area contributed by atoms with Crippen LogP contribution < -0.4 is 0 Å². The van der Waals surface area contributed by atoms with Crippen LogP contribution in [0.25, 0.3) is 0 Å². The van der Waals surface area contributed by atoms with Crippen LogP contribution in [0.5, 0.6) is 0 Å². The predicted molar refractivity (Wildman–Crippen MR) is 57.0 cm³/mol. The van der Waals surface area contributed by atoms with E-state index >= 15 is 0 Å². The highest BCUT2D eigenvalue weighted by molar-refractivity contribution is 6.33. The van der Waals surface area contributed by atoms with Crippen molar-refractivity contribution in [2.24, 2.45) is 0 Å². The molecule has 0 aliphatic rings. The first-order chi connectivity index (χ1) is 6.65. The van der Waals surface area contributed by atoms with E-state index in [0.29, 0.717) is 5.02 Å². The Balaban J connectivity index is 2.89. The summed E-state index contributed by atoms with van der Waals surface area (Å²) in [5, 5.41) is 9.13.